The van der Waals surface area contributed by atoms with E-state index >= 15 is 0 Å². The molecule has 5 nitrogen and oxygen atoms in total. The first-order chi connectivity index (χ1) is 10.5. The third-order valence-electron chi connectivity index (χ3n) is 3.54. The molecule has 1 aromatic heterocycles. The third kappa shape index (κ3) is 3.41. The first kappa shape index (κ1) is 15.7. The number of benzene rings is 1. The molecule has 1 aliphatic rings. The molecule has 0 unspecified atom stereocenters. The normalized spacial score (nSPS) is 22.9. The molecule has 0 radical (unpaired) electrons. The van der Waals surface area contributed by atoms with Gasteiger partial charge >= 0.3 is 0 Å². The van der Waals surface area contributed by atoms with Crippen molar-refractivity contribution in [2.45, 2.75) is 32.7 Å². The van der Waals surface area contributed by atoms with Gasteiger partial charge in [-0.15, -0.1) is 5.10 Å². The molecule has 0 amide bonds. The molecular formula is C15H18ClN3O2S. The lowest BCUT2D eigenvalue weighted by Gasteiger charge is -2.34. The van der Waals surface area contributed by atoms with Crippen molar-refractivity contribution in [2.75, 3.05) is 13.1 Å². The van der Waals surface area contributed by atoms with E-state index in [4.69, 9.17) is 33.0 Å². The van der Waals surface area contributed by atoms with Crippen LogP contribution in [0.5, 0.6) is 0 Å². The van der Waals surface area contributed by atoms with Gasteiger partial charge in [-0.2, -0.15) is 0 Å². The van der Waals surface area contributed by atoms with Crippen LogP contribution in [0.25, 0.3) is 11.5 Å². The lowest BCUT2D eigenvalue weighted by molar-refractivity contribution is -0.0778. The SMILES string of the molecule is C[C@@H]1CN(Cn2nc(-c3ccccc3Cl)oc2=S)C[C@@H](C)O1. The third-order valence-corrected chi connectivity index (χ3v) is 4.16. The van der Waals surface area contributed by atoms with Gasteiger partial charge in [0.05, 0.1) is 29.5 Å². The Balaban J connectivity index is 1.81. The van der Waals surface area contributed by atoms with Crippen molar-refractivity contribution in [2.24, 2.45) is 0 Å². The van der Waals surface area contributed by atoms with Crippen molar-refractivity contribution >= 4 is 23.8 Å². The number of morpholine rings is 1. The number of ether oxygens (including phenoxy) is 1. The Bertz CT molecular complexity index is 705. The van der Waals surface area contributed by atoms with E-state index in [1.807, 2.05) is 18.2 Å². The van der Waals surface area contributed by atoms with Gasteiger partial charge in [-0.05, 0) is 38.2 Å². The van der Waals surface area contributed by atoms with Gasteiger partial charge in [0.25, 0.3) is 4.84 Å². The van der Waals surface area contributed by atoms with Crippen molar-refractivity contribution in [1.82, 2.24) is 14.7 Å². The van der Waals surface area contributed by atoms with Crippen molar-refractivity contribution < 1.29 is 9.15 Å². The molecule has 2 heterocycles. The molecule has 1 aliphatic heterocycles. The number of halogens is 1. The molecule has 0 N–H and O–H groups in total. The highest BCUT2D eigenvalue weighted by molar-refractivity contribution is 7.71. The van der Waals surface area contributed by atoms with Gasteiger partial charge in [-0.1, -0.05) is 23.7 Å². The van der Waals surface area contributed by atoms with Crippen molar-refractivity contribution in [1.29, 1.82) is 0 Å². The number of nitrogens with zero attached hydrogens (tertiary/aromatic N) is 3. The summed E-state index contributed by atoms with van der Waals surface area (Å²) < 4.78 is 13.0. The first-order valence-electron chi connectivity index (χ1n) is 7.23. The predicted molar refractivity (Wildman–Crippen MR) is 87.4 cm³/mol. The van der Waals surface area contributed by atoms with Gasteiger partial charge in [0.2, 0.25) is 5.89 Å². The second-order valence-electron chi connectivity index (χ2n) is 5.59. The Morgan fingerprint density at radius 1 is 1.27 bits per heavy atom. The van der Waals surface area contributed by atoms with Crippen molar-refractivity contribution in [3.8, 4) is 11.5 Å². The standard InChI is InChI=1S/C15H18ClN3O2S/c1-10-7-18(8-11(2)20-10)9-19-15(22)21-14(17-19)12-5-3-4-6-13(12)16/h3-6,10-11H,7-9H2,1-2H3/t10-,11-/m1/s1. The summed E-state index contributed by atoms with van der Waals surface area (Å²) in [5, 5.41) is 5.06. The molecule has 3 rings (SSSR count). The zero-order valence-electron chi connectivity index (χ0n) is 12.5. The molecule has 2 aromatic rings. The average molecular weight is 340 g/mol. The highest BCUT2D eigenvalue weighted by Gasteiger charge is 2.23. The smallest absolute Gasteiger partial charge is 0.288 e. The molecule has 1 fully saturated rings. The Hall–Kier alpha value is -1.21. The van der Waals surface area contributed by atoms with Crippen LogP contribution in [0, 0.1) is 4.84 Å². The van der Waals surface area contributed by atoms with E-state index < -0.39 is 0 Å². The van der Waals surface area contributed by atoms with Crippen LogP contribution in [0.4, 0.5) is 0 Å². The fourth-order valence-electron chi connectivity index (χ4n) is 2.73. The van der Waals surface area contributed by atoms with E-state index in [1.165, 1.54) is 0 Å². The number of rotatable bonds is 3. The summed E-state index contributed by atoms with van der Waals surface area (Å²) in [6.07, 6.45) is 0.403. The van der Waals surface area contributed by atoms with Crippen LogP contribution in [0.1, 0.15) is 13.8 Å². The second-order valence-corrected chi connectivity index (χ2v) is 6.34. The summed E-state index contributed by atoms with van der Waals surface area (Å²) in [5.74, 6) is 0.449. The minimum atomic E-state index is 0.202. The van der Waals surface area contributed by atoms with Crippen LogP contribution in [0.15, 0.2) is 28.7 Å². The number of hydrogen-bond acceptors (Lipinski definition) is 5. The minimum Gasteiger partial charge on any atom is -0.409 e. The summed E-state index contributed by atoms with van der Waals surface area (Å²) in [4.78, 5) is 2.61. The predicted octanol–water partition coefficient (Wildman–Crippen LogP) is 3.59. The molecule has 0 saturated carbocycles. The van der Waals surface area contributed by atoms with Crippen LogP contribution < -0.4 is 0 Å². The van der Waals surface area contributed by atoms with Crippen LogP contribution in [-0.2, 0) is 11.4 Å². The summed E-state index contributed by atoms with van der Waals surface area (Å²) in [6.45, 7) is 6.42. The Labute approximate surface area is 139 Å². The Kier molecular flexibility index (Phi) is 4.63. The van der Waals surface area contributed by atoms with E-state index in [9.17, 15) is 0 Å². The van der Waals surface area contributed by atoms with E-state index in [-0.39, 0.29) is 12.2 Å². The lowest BCUT2D eigenvalue weighted by atomic mass is 10.2. The van der Waals surface area contributed by atoms with E-state index in [0.29, 0.717) is 22.4 Å². The van der Waals surface area contributed by atoms with Gasteiger partial charge in [0, 0.05) is 13.1 Å². The molecule has 1 saturated heterocycles. The zero-order chi connectivity index (χ0) is 15.7. The topological polar surface area (TPSA) is 43.4 Å². The zero-order valence-corrected chi connectivity index (χ0v) is 14.1. The molecular weight excluding hydrogens is 322 g/mol. The van der Waals surface area contributed by atoms with Crippen LogP contribution in [0.2, 0.25) is 5.02 Å². The average Bonchev–Trinajstić information content (AvgIpc) is 2.79. The molecule has 118 valence electrons. The van der Waals surface area contributed by atoms with Gasteiger partial charge in [0.1, 0.15) is 0 Å². The van der Waals surface area contributed by atoms with Gasteiger partial charge < -0.3 is 9.15 Å². The monoisotopic (exact) mass is 339 g/mol. The Morgan fingerprint density at radius 2 is 1.95 bits per heavy atom. The molecule has 2 atom stereocenters. The number of aromatic nitrogens is 2. The van der Waals surface area contributed by atoms with Crippen molar-refractivity contribution in [3.05, 3.63) is 34.1 Å². The maximum absolute atomic E-state index is 6.18. The fraction of sp³-hybridized carbons (Fsp3) is 0.467. The molecule has 0 bridgehead atoms. The summed E-state index contributed by atoms with van der Waals surface area (Å²) >= 11 is 11.5. The maximum atomic E-state index is 6.18. The summed E-state index contributed by atoms with van der Waals surface area (Å²) in [5.41, 5.74) is 0.748. The molecule has 22 heavy (non-hydrogen) atoms. The van der Waals surface area contributed by atoms with Crippen LogP contribution >= 0.6 is 23.8 Å². The van der Waals surface area contributed by atoms with Crippen LogP contribution in [-0.4, -0.2) is 40.0 Å². The van der Waals surface area contributed by atoms with Crippen LogP contribution in [0.3, 0.4) is 0 Å². The maximum Gasteiger partial charge on any atom is 0.288 e. The molecule has 7 heteroatoms. The fourth-order valence-corrected chi connectivity index (χ4v) is 3.12. The van der Waals surface area contributed by atoms with Crippen molar-refractivity contribution in [3.63, 3.8) is 0 Å². The quantitative estimate of drug-likeness (QED) is 0.799. The minimum absolute atomic E-state index is 0.202. The van der Waals surface area contributed by atoms with E-state index in [2.05, 4.69) is 23.8 Å². The van der Waals surface area contributed by atoms with E-state index in [0.717, 1.165) is 18.7 Å². The molecule has 1 aromatic carbocycles. The largest absolute Gasteiger partial charge is 0.409 e. The van der Waals surface area contributed by atoms with Gasteiger partial charge in [-0.3, -0.25) is 4.90 Å². The van der Waals surface area contributed by atoms with Gasteiger partial charge in [-0.25, -0.2) is 4.68 Å². The first-order valence-corrected chi connectivity index (χ1v) is 8.02. The highest BCUT2D eigenvalue weighted by atomic mass is 35.5. The summed E-state index contributed by atoms with van der Waals surface area (Å²) in [6, 6.07) is 7.43. The van der Waals surface area contributed by atoms with E-state index in [1.54, 1.807) is 10.7 Å². The molecule has 0 spiro atoms. The Morgan fingerprint density at radius 3 is 2.64 bits per heavy atom. The number of hydrogen-bond donors (Lipinski definition) is 0. The second kappa shape index (κ2) is 6.50. The highest BCUT2D eigenvalue weighted by Crippen LogP contribution is 2.26. The lowest BCUT2D eigenvalue weighted by Crippen LogP contribution is -2.46. The van der Waals surface area contributed by atoms with Gasteiger partial charge in [0.15, 0.2) is 0 Å². The summed E-state index contributed by atoms with van der Waals surface area (Å²) in [7, 11) is 0. The molecule has 0 aliphatic carbocycles.